The maximum Gasteiger partial charge on any atom is 0.315 e. The fourth-order valence-electron chi connectivity index (χ4n) is 15.8. The molecule has 4 aliphatic carbocycles. The molecule has 1 aromatic heterocycles. The molecule has 500 valence electrons. The van der Waals surface area contributed by atoms with Gasteiger partial charge < -0.3 is 91.1 Å². The number of carbonyl (C=O) groups is 2. The van der Waals surface area contributed by atoms with Crippen LogP contribution in [0, 0.1) is 44.6 Å². The highest BCUT2D eigenvalue weighted by Gasteiger charge is 2.69. The number of urea groups is 1. The minimum absolute atomic E-state index is 0.00870. The van der Waals surface area contributed by atoms with Crippen molar-refractivity contribution in [2.75, 3.05) is 76.7 Å². The molecule has 33 heteroatoms. The minimum atomic E-state index is -5.19. The molecule has 6 heterocycles. The van der Waals surface area contributed by atoms with E-state index in [1.807, 2.05) is 33.3 Å². The number of thioether (sulfide) groups is 1. The largest absolute Gasteiger partial charge is 0.756 e. The van der Waals surface area contributed by atoms with E-state index in [1.54, 1.807) is 22.9 Å². The zero-order valence-corrected chi connectivity index (χ0v) is 55.2. The summed E-state index contributed by atoms with van der Waals surface area (Å²) in [6.07, 6.45) is 7.43. The molecule has 4 N–H and O–H groups in total. The van der Waals surface area contributed by atoms with Crippen molar-refractivity contribution in [1.29, 1.82) is 0 Å². The highest BCUT2D eigenvalue weighted by atomic mass is 33.1. The average molecular weight is 1370 g/mol. The summed E-state index contributed by atoms with van der Waals surface area (Å²) in [5.74, 6) is 3.93. The molecule has 9 aliphatic rings. The molecular formula is C56H83N5O22P3S3-3. The molecule has 0 radical (unpaired) electrons. The van der Waals surface area contributed by atoms with E-state index in [4.69, 9.17) is 50.8 Å². The normalized spacial score (nSPS) is 37.1. The lowest BCUT2D eigenvalue weighted by Crippen LogP contribution is -2.57. The van der Waals surface area contributed by atoms with E-state index in [0.717, 1.165) is 81.5 Å². The van der Waals surface area contributed by atoms with Gasteiger partial charge >= 0.3 is 6.03 Å². The van der Waals surface area contributed by atoms with E-state index in [-0.39, 0.29) is 91.5 Å². The SMILES string of the molecule is CC12CCC(OP(=O)([O-])OCC3OC(n4ccc5ccc([N+](=O)[O-])cc54)CC3OP(=O)([O-])OCCOCCOP(=O)([O-])OCC(O)COCCCNC(=O)CCCCC3SCC4NC(=O)NC43)CC1CCC1C2CCC2(C)C1CCC21OC2CSSCC2O1. The van der Waals surface area contributed by atoms with Gasteiger partial charge in [0.05, 0.1) is 93.2 Å². The van der Waals surface area contributed by atoms with E-state index < -0.39 is 91.2 Å². The lowest BCUT2D eigenvalue weighted by molar-refractivity contribution is -0.384. The third-order valence-electron chi connectivity index (χ3n) is 20.2. The number of nitrogens with zero attached hydrogens (tertiary/aromatic N) is 2. The van der Waals surface area contributed by atoms with Gasteiger partial charge in [-0.2, -0.15) is 11.8 Å². The molecule has 19 unspecified atom stereocenters. The third kappa shape index (κ3) is 16.1. The van der Waals surface area contributed by atoms with Gasteiger partial charge in [-0.25, -0.2) is 4.79 Å². The lowest BCUT2D eigenvalue weighted by Gasteiger charge is -2.61. The van der Waals surface area contributed by atoms with E-state index in [0.29, 0.717) is 66.1 Å². The van der Waals surface area contributed by atoms with Crippen LogP contribution in [0.4, 0.5) is 10.5 Å². The Bertz CT molecular complexity index is 2950. The molecule has 9 fully saturated rings. The van der Waals surface area contributed by atoms with Crippen molar-refractivity contribution >= 4 is 85.3 Å². The van der Waals surface area contributed by atoms with Gasteiger partial charge in [0.15, 0.2) is 5.79 Å². The molecule has 2 aromatic rings. The molecule has 27 nitrogen and oxygen atoms in total. The number of aliphatic hydroxyl groups is 1. The summed E-state index contributed by atoms with van der Waals surface area (Å²) in [6, 6.07) is 6.13. The van der Waals surface area contributed by atoms with Gasteiger partial charge in [0.1, 0.15) is 18.4 Å². The Labute approximate surface area is 529 Å². The number of nitro benzene ring substituents is 1. The Hall–Kier alpha value is -1.96. The van der Waals surface area contributed by atoms with Crippen LogP contribution >= 0.6 is 56.8 Å². The number of rotatable bonds is 31. The summed E-state index contributed by atoms with van der Waals surface area (Å²) in [7, 11) is -11.4. The third-order valence-corrected chi connectivity index (χ3v) is 27.1. The number of benzene rings is 1. The number of non-ortho nitro benzene ring substituents is 1. The number of nitro groups is 1. The zero-order chi connectivity index (χ0) is 62.8. The van der Waals surface area contributed by atoms with Crippen molar-refractivity contribution in [1.82, 2.24) is 20.5 Å². The molecule has 19 atom stereocenters. The van der Waals surface area contributed by atoms with Crippen LogP contribution in [0.2, 0.25) is 0 Å². The van der Waals surface area contributed by atoms with Crippen LogP contribution in [0.25, 0.3) is 10.9 Å². The summed E-state index contributed by atoms with van der Waals surface area (Å²) in [5.41, 5.74) is 0.155. The molecule has 0 bridgehead atoms. The summed E-state index contributed by atoms with van der Waals surface area (Å²) < 4.78 is 103. The topological polar surface area (TPSA) is 360 Å². The highest BCUT2D eigenvalue weighted by Crippen LogP contribution is 2.71. The molecule has 5 saturated heterocycles. The quantitative estimate of drug-likeness (QED) is 0.0154. The van der Waals surface area contributed by atoms with Crippen molar-refractivity contribution < 1.29 is 98.8 Å². The van der Waals surface area contributed by atoms with E-state index in [1.165, 1.54) is 12.1 Å². The molecular weight excluding hydrogens is 1280 g/mol. The second kappa shape index (κ2) is 29.2. The number of unbranched alkanes of at least 4 members (excludes halogenated alkanes) is 1. The fraction of sp³-hybridized carbons (Fsp3) is 0.821. The lowest BCUT2D eigenvalue weighted by atomic mass is 9.45. The first-order valence-corrected chi connectivity index (χ1v) is 39.1. The first-order chi connectivity index (χ1) is 42.5. The average Bonchev–Trinajstić information content (AvgIpc) is 1.55. The van der Waals surface area contributed by atoms with Crippen molar-refractivity contribution in [2.24, 2.45) is 34.5 Å². The summed E-state index contributed by atoms with van der Waals surface area (Å²) in [4.78, 5) is 74.4. The molecule has 5 aliphatic heterocycles. The van der Waals surface area contributed by atoms with Gasteiger partial charge in [0, 0.05) is 84.1 Å². The van der Waals surface area contributed by atoms with Crippen LogP contribution in [-0.4, -0.2) is 163 Å². The molecule has 4 saturated carbocycles. The van der Waals surface area contributed by atoms with Crippen LogP contribution in [0.15, 0.2) is 30.5 Å². The van der Waals surface area contributed by atoms with Crippen molar-refractivity contribution in [3.8, 4) is 0 Å². The van der Waals surface area contributed by atoms with Crippen molar-refractivity contribution in [3.05, 3.63) is 40.6 Å². The number of ether oxygens (including phenoxy) is 5. The maximum absolute atomic E-state index is 13.7. The monoisotopic (exact) mass is 1370 g/mol. The van der Waals surface area contributed by atoms with Crippen LogP contribution in [-0.2, 0) is 69.3 Å². The van der Waals surface area contributed by atoms with Crippen molar-refractivity contribution in [3.63, 3.8) is 0 Å². The second-order valence-corrected chi connectivity index (χ2v) is 33.5. The number of nitrogens with one attached hydrogen (secondary N) is 3. The van der Waals surface area contributed by atoms with Gasteiger partial charge in [-0.15, -0.1) is 0 Å². The van der Waals surface area contributed by atoms with Crippen LogP contribution in [0.3, 0.4) is 0 Å². The molecule has 1 aromatic carbocycles. The maximum atomic E-state index is 13.7. The second-order valence-electron chi connectivity index (χ2n) is 25.5. The van der Waals surface area contributed by atoms with Gasteiger partial charge in [0.25, 0.3) is 29.2 Å². The zero-order valence-electron chi connectivity index (χ0n) is 50.0. The molecule has 1 spiro atoms. The number of hydrogen-bond acceptors (Lipinski definition) is 25. The standard InChI is InChI=1S/C56H86N5O22P3S3/c1-54-16-12-39(26-36(54)9-11-40-41(54)13-17-55(2)42(40)14-18-56(55)80-47-33-88-89-34-48(47)81-56)82-86(71,72)78-31-46-45(28-51(79-46)60-20-15-35-8-10-37(61(65)66)27-44(35)60)83-85(69,70)76-25-23-73-22-24-75-84(67,68)77-30-38(62)29-74-21-5-19-57-50(63)7-4-3-6-49-52-43(32-87-49)58-53(64)59-52/h8,10,15,20,27,36,38-43,45-49,51-52,62H,3-7,9,11-14,16-19,21-26,28-34H2,1-2H3,(H,57,63)(H,67,68)(H,69,70)(H,71,72)(H2,58,59,64)/p-3. The number of amides is 3. The Morgan fingerprint density at radius 1 is 0.831 bits per heavy atom. The summed E-state index contributed by atoms with van der Waals surface area (Å²) in [6.45, 7) is 1.96. The van der Waals surface area contributed by atoms with Gasteiger partial charge in [-0.1, -0.05) is 41.9 Å². The number of phosphoric ester groups is 3. The predicted molar refractivity (Wildman–Crippen MR) is 322 cm³/mol. The van der Waals surface area contributed by atoms with E-state index >= 15 is 0 Å². The Morgan fingerprint density at radius 3 is 2.36 bits per heavy atom. The van der Waals surface area contributed by atoms with E-state index in [2.05, 4.69) is 29.8 Å². The number of fused-ring (bicyclic) bond motifs is 9. The Morgan fingerprint density at radius 2 is 1.58 bits per heavy atom. The number of phosphoric acid groups is 3. The number of aromatic nitrogens is 1. The Balaban J connectivity index is 0.587. The molecule has 11 rings (SSSR count). The first-order valence-electron chi connectivity index (χ1n) is 31.2. The first kappa shape index (κ1) is 68.4. The van der Waals surface area contributed by atoms with Crippen LogP contribution in [0.5, 0.6) is 0 Å². The Kier molecular flexibility index (Phi) is 22.4. The van der Waals surface area contributed by atoms with Gasteiger partial charge in [-0.3, -0.25) is 28.6 Å². The van der Waals surface area contributed by atoms with Crippen LogP contribution in [0.1, 0.15) is 116 Å². The summed E-state index contributed by atoms with van der Waals surface area (Å²) >= 11 is 1.83. The van der Waals surface area contributed by atoms with Gasteiger partial charge in [-0.05, 0) is 112 Å². The number of hydrogen-bond donors (Lipinski definition) is 4. The minimum Gasteiger partial charge on any atom is -0.756 e. The highest BCUT2D eigenvalue weighted by molar-refractivity contribution is 8.76. The predicted octanol–water partition coefficient (Wildman–Crippen LogP) is 6.62. The fourth-order valence-corrected chi connectivity index (χ4v) is 22.4. The van der Waals surface area contributed by atoms with E-state index in [9.17, 15) is 53.2 Å². The number of carbonyl (C=O) groups excluding carboxylic acids is 2. The number of aliphatic hydroxyl groups excluding tert-OH is 1. The summed E-state index contributed by atoms with van der Waals surface area (Å²) in [5, 5.41) is 31.6. The van der Waals surface area contributed by atoms with Crippen molar-refractivity contribution in [2.45, 2.75) is 176 Å². The van der Waals surface area contributed by atoms with Crippen LogP contribution < -0.4 is 30.6 Å². The van der Waals surface area contributed by atoms with Gasteiger partial charge in [0.2, 0.25) is 5.91 Å². The smallest absolute Gasteiger partial charge is 0.315 e. The molecule has 89 heavy (non-hydrogen) atoms. The molecule has 3 amide bonds.